The zero-order valence-electron chi connectivity index (χ0n) is 11.0. The normalized spacial score (nSPS) is 12.3. The van der Waals surface area contributed by atoms with Crippen LogP contribution in [0.4, 0.5) is 11.4 Å². The Labute approximate surface area is 128 Å². The minimum atomic E-state index is 0.734. The monoisotopic (exact) mass is 298 g/mol. The van der Waals surface area contributed by atoms with Crippen LogP contribution in [0.5, 0.6) is 0 Å². The summed E-state index contributed by atoms with van der Waals surface area (Å²) in [4.78, 5) is 9.00. The van der Waals surface area contributed by atoms with Gasteiger partial charge in [-0.1, -0.05) is 36.0 Å². The molecule has 1 aliphatic heterocycles. The van der Waals surface area contributed by atoms with Gasteiger partial charge in [0.05, 0.1) is 23.1 Å². The lowest BCUT2D eigenvalue weighted by Crippen LogP contribution is -2.22. The Hall–Kier alpha value is -1.61. The molecule has 1 heterocycles. The van der Waals surface area contributed by atoms with Gasteiger partial charge < -0.3 is 4.90 Å². The van der Waals surface area contributed by atoms with E-state index in [0.29, 0.717) is 0 Å². The van der Waals surface area contributed by atoms with Gasteiger partial charge in [0.25, 0.3) is 0 Å². The molecule has 0 aliphatic carbocycles. The van der Waals surface area contributed by atoms with E-state index in [2.05, 4.69) is 75.8 Å². The van der Waals surface area contributed by atoms with E-state index in [4.69, 9.17) is 0 Å². The molecule has 2 nitrogen and oxygen atoms in total. The topological polar surface area (TPSA) is 15.6 Å². The van der Waals surface area contributed by atoms with E-state index in [1.54, 1.807) is 0 Å². The Morgan fingerprint density at radius 1 is 1.00 bits per heavy atom. The van der Waals surface area contributed by atoms with Crippen LogP contribution in [0, 0.1) is 0 Å². The van der Waals surface area contributed by atoms with E-state index >= 15 is 0 Å². The summed E-state index contributed by atoms with van der Waals surface area (Å²) in [6, 6.07) is 17.1. The van der Waals surface area contributed by atoms with E-state index in [1.165, 1.54) is 21.2 Å². The van der Waals surface area contributed by atoms with Crippen molar-refractivity contribution in [2.24, 2.45) is 4.99 Å². The summed E-state index contributed by atoms with van der Waals surface area (Å²) in [6.45, 7) is 1.67. The van der Waals surface area contributed by atoms with Crippen LogP contribution in [0.15, 0.2) is 63.3 Å². The molecule has 0 saturated carbocycles. The molecule has 0 saturated heterocycles. The number of hydrogen-bond acceptors (Lipinski definition) is 4. The fraction of sp³-hybridized carbons (Fsp3) is 0.188. The highest BCUT2D eigenvalue weighted by atomic mass is 32.2. The number of thiocarbonyl (C=S) groups is 1. The van der Waals surface area contributed by atoms with Crippen LogP contribution in [-0.2, 0) is 0 Å². The molecule has 0 fully saturated rings. The summed E-state index contributed by atoms with van der Waals surface area (Å²) in [7, 11) is 0. The maximum Gasteiger partial charge on any atom is 0.0584 e. The molecule has 0 atom stereocenters. The molecular formula is C16H14N2S2. The fourth-order valence-corrected chi connectivity index (χ4v) is 3.56. The summed E-state index contributed by atoms with van der Waals surface area (Å²) >= 11 is 6.45. The van der Waals surface area contributed by atoms with Crippen LogP contribution in [-0.4, -0.2) is 18.3 Å². The molecular weight excluding hydrogens is 284 g/mol. The Balaban J connectivity index is 1.92. The van der Waals surface area contributed by atoms with Gasteiger partial charge in [0.2, 0.25) is 0 Å². The van der Waals surface area contributed by atoms with E-state index in [0.717, 1.165) is 19.5 Å². The molecule has 3 rings (SSSR count). The van der Waals surface area contributed by atoms with Crippen LogP contribution < -0.4 is 4.90 Å². The zero-order valence-corrected chi connectivity index (χ0v) is 12.6. The van der Waals surface area contributed by atoms with Gasteiger partial charge in [-0.2, -0.15) is 0 Å². The number of anilines is 2. The second-order valence-electron chi connectivity index (χ2n) is 4.52. The summed E-state index contributed by atoms with van der Waals surface area (Å²) in [6.07, 6.45) is 0.969. The molecule has 1 aliphatic rings. The van der Waals surface area contributed by atoms with Gasteiger partial charge in [-0.05, 0) is 42.9 Å². The van der Waals surface area contributed by atoms with Crippen LogP contribution in [0.3, 0.4) is 0 Å². The molecule has 0 radical (unpaired) electrons. The molecule has 0 amide bonds. The third-order valence-electron chi connectivity index (χ3n) is 3.25. The average Bonchev–Trinajstić information content (AvgIpc) is 2.50. The number of nitrogens with zero attached hydrogens (tertiary/aromatic N) is 2. The van der Waals surface area contributed by atoms with Crippen molar-refractivity contribution >= 4 is 40.5 Å². The standard InChI is InChI=1S/C16H14N2S2/c19-12-17-10-5-11-18-13-6-1-3-8-15(13)20-16-9-4-2-7-14(16)18/h1-4,6-9H,5,10-11H2. The Bertz CT molecular complexity index is 618. The van der Waals surface area contributed by atoms with Crippen molar-refractivity contribution in [2.75, 3.05) is 18.0 Å². The quantitative estimate of drug-likeness (QED) is 0.459. The molecule has 2 aromatic rings. The van der Waals surface area contributed by atoms with Gasteiger partial charge >= 0.3 is 0 Å². The predicted octanol–water partition coefficient (Wildman–Crippen LogP) is 4.78. The molecule has 100 valence electrons. The first-order valence-corrected chi connectivity index (χ1v) is 7.80. The number of aliphatic imine (C=N–C) groups is 1. The van der Waals surface area contributed by atoms with Gasteiger partial charge in [-0.25, -0.2) is 4.99 Å². The van der Waals surface area contributed by atoms with Crippen molar-refractivity contribution in [1.29, 1.82) is 0 Å². The van der Waals surface area contributed by atoms with Gasteiger partial charge in [-0.15, -0.1) is 0 Å². The highest BCUT2D eigenvalue weighted by Crippen LogP contribution is 2.47. The minimum Gasteiger partial charge on any atom is -0.340 e. The highest BCUT2D eigenvalue weighted by Gasteiger charge is 2.21. The van der Waals surface area contributed by atoms with Crippen molar-refractivity contribution in [1.82, 2.24) is 0 Å². The Morgan fingerprint density at radius 2 is 1.60 bits per heavy atom. The number of fused-ring (bicyclic) bond motifs is 2. The maximum atomic E-state index is 4.61. The molecule has 4 heteroatoms. The number of benzene rings is 2. The number of rotatable bonds is 4. The second-order valence-corrected chi connectivity index (χ2v) is 5.78. The molecule has 0 spiro atoms. The number of isothiocyanates is 1. The number of para-hydroxylation sites is 2. The lowest BCUT2D eigenvalue weighted by molar-refractivity contribution is 0.810. The van der Waals surface area contributed by atoms with E-state index < -0.39 is 0 Å². The second kappa shape index (κ2) is 6.23. The molecule has 0 unspecified atom stereocenters. The van der Waals surface area contributed by atoms with Crippen LogP contribution in [0.25, 0.3) is 0 Å². The van der Waals surface area contributed by atoms with Crippen molar-refractivity contribution in [3.8, 4) is 0 Å². The summed E-state index contributed by atoms with van der Waals surface area (Å²) in [5.41, 5.74) is 2.56. The Kier molecular flexibility index (Phi) is 4.16. The van der Waals surface area contributed by atoms with E-state index in [1.807, 2.05) is 11.8 Å². The van der Waals surface area contributed by atoms with Gasteiger partial charge in [0.15, 0.2) is 0 Å². The van der Waals surface area contributed by atoms with Crippen LogP contribution in [0.2, 0.25) is 0 Å². The predicted molar refractivity (Wildman–Crippen MR) is 88.5 cm³/mol. The van der Waals surface area contributed by atoms with Gasteiger partial charge in [0, 0.05) is 16.3 Å². The fourth-order valence-electron chi connectivity index (χ4n) is 2.38. The lowest BCUT2D eigenvalue weighted by atomic mass is 10.2. The van der Waals surface area contributed by atoms with Crippen molar-refractivity contribution in [3.63, 3.8) is 0 Å². The van der Waals surface area contributed by atoms with E-state index in [-0.39, 0.29) is 0 Å². The summed E-state index contributed by atoms with van der Waals surface area (Å²) in [5, 5.41) is 2.43. The SMILES string of the molecule is S=C=NCCCN1c2ccccc2Sc2ccccc21. The first kappa shape index (κ1) is 13.4. The van der Waals surface area contributed by atoms with Gasteiger partial charge in [-0.3, -0.25) is 0 Å². The largest absolute Gasteiger partial charge is 0.340 e. The molecule has 0 aromatic heterocycles. The van der Waals surface area contributed by atoms with Crippen molar-refractivity contribution in [3.05, 3.63) is 48.5 Å². The zero-order chi connectivity index (χ0) is 13.8. The molecule has 20 heavy (non-hydrogen) atoms. The first-order chi connectivity index (χ1) is 9.90. The molecule has 2 aromatic carbocycles. The smallest absolute Gasteiger partial charge is 0.0584 e. The molecule has 0 bridgehead atoms. The highest BCUT2D eigenvalue weighted by molar-refractivity contribution is 7.99. The average molecular weight is 298 g/mol. The summed E-state index contributed by atoms with van der Waals surface area (Å²) < 4.78 is 0. The van der Waals surface area contributed by atoms with Gasteiger partial charge in [0.1, 0.15) is 0 Å². The minimum absolute atomic E-state index is 0.734. The van der Waals surface area contributed by atoms with Crippen molar-refractivity contribution < 1.29 is 0 Å². The first-order valence-electron chi connectivity index (χ1n) is 6.57. The third-order valence-corrected chi connectivity index (χ3v) is 4.51. The lowest BCUT2D eigenvalue weighted by Gasteiger charge is -2.32. The Morgan fingerprint density at radius 3 is 2.20 bits per heavy atom. The van der Waals surface area contributed by atoms with Crippen LogP contribution >= 0.6 is 24.0 Å². The number of hydrogen-bond donors (Lipinski definition) is 0. The maximum absolute atomic E-state index is 4.61. The summed E-state index contributed by atoms with van der Waals surface area (Å²) in [5.74, 6) is 0. The molecule has 0 N–H and O–H groups in total. The third kappa shape index (κ3) is 2.63. The van der Waals surface area contributed by atoms with Crippen molar-refractivity contribution in [2.45, 2.75) is 16.2 Å². The van der Waals surface area contributed by atoms with E-state index in [9.17, 15) is 0 Å². The van der Waals surface area contributed by atoms with Crippen LogP contribution in [0.1, 0.15) is 6.42 Å².